The lowest BCUT2D eigenvalue weighted by molar-refractivity contribution is 0.481. The number of hydrogen-bond acceptors (Lipinski definition) is 5. The number of imidazole rings is 1. The van der Waals surface area contributed by atoms with Crippen molar-refractivity contribution in [1.82, 2.24) is 15.3 Å². The third-order valence-corrected chi connectivity index (χ3v) is 2.86. The highest BCUT2D eigenvalue weighted by atomic mass is 16.3. The first kappa shape index (κ1) is 9.95. The summed E-state index contributed by atoms with van der Waals surface area (Å²) in [7, 11) is 0. The Labute approximate surface area is 97.8 Å². The molecule has 1 aliphatic rings. The fraction of sp³-hybridized carbons (Fsp3) is 0.273. The number of aromatic hydroxyl groups is 1. The number of hydrogen-bond donors (Lipinski definition) is 4. The maximum absolute atomic E-state index is 9.87. The number of fused-ring (bicyclic) bond motifs is 1. The summed E-state index contributed by atoms with van der Waals surface area (Å²) >= 11 is 0. The Morgan fingerprint density at radius 2 is 2.35 bits per heavy atom. The molecule has 0 radical (unpaired) electrons. The highest BCUT2D eigenvalue weighted by Crippen LogP contribution is 2.30. The minimum atomic E-state index is 0.184. The van der Waals surface area contributed by atoms with Crippen molar-refractivity contribution in [3.05, 3.63) is 18.0 Å². The molecule has 0 spiro atoms. The van der Waals surface area contributed by atoms with Crippen LogP contribution < -0.4 is 10.6 Å². The Morgan fingerprint density at radius 3 is 3.12 bits per heavy atom. The van der Waals surface area contributed by atoms with Crippen LogP contribution in [-0.4, -0.2) is 34.1 Å². The van der Waals surface area contributed by atoms with Crippen molar-refractivity contribution in [2.24, 2.45) is 4.99 Å². The van der Waals surface area contributed by atoms with E-state index in [0.717, 1.165) is 35.8 Å². The molecular weight excluding hydrogens is 218 g/mol. The summed E-state index contributed by atoms with van der Waals surface area (Å²) < 4.78 is 0. The van der Waals surface area contributed by atoms with Crippen LogP contribution in [0.1, 0.15) is 5.56 Å². The highest BCUT2D eigenvalue weighted by Gasteiger charge is 2.13. The van der Waals surface area contributed by atoms with Crippen LogP contribution in [0.2, 0.25) is 0 Å². The standard InChI is InChI=1S/C11H13N5O/c1-6-7(16-11-12-2-3-13-11)4-8(17)10-9(6)14-5-15-10/h4-5,17H,2-3H2,1H3,(H,14,15)(H2,12,13,16). The van der Waals surface area contributed by atoms with Crippen molar-refractivity contribution in [3.8, 4) is 5.75 Å². The number of anilines is 1. The molecule has 2 heterocycles. The van der Waals surface area contributed by atoms with Gasteiger partial charge in [-0.2, -0.15) is 0 Å². The maximum Gasteiger partial charge on any atom is 0.195 e. The smallest absolute Gasteiger partial charge is 0.195 e. The molecule has 4 N–H and O–H groups in total. The molecule has 0 unspecified atom stereocenters. The number of H-pyrrole nitrogens is 1. The molecule has 0 amide bonds. The van der Waals surface area contributed by atoms with Gasteiger partial charge in [0.2, 0.25) is 0 Å². The third kappa shape index (κ3) is 1.57. The number of aliphatic imine (C=N–C) groups is 1. The number of phenolic OH excluding ortho intramolecular Hbond substituents is 1. The predicted octanol–water partition coefficient (Wildman–Crippen LogP) is 0.948. The highest BCUT2D eigenvalue weighted by molar-refractivity contribution is 5.99. The lowest BCUT2D eigenvalue weighted by Crippen LogP contribution is -2.26. The molecule has 0 fully saturated rings. The lowest BCUT2D eigenvalue weighted by atomic mass is 10.1. The number of aryl methyl sites for hydroxylation is 1. The number of rotatable bonds is 1. The van der Waals surface area contributed by atoms with Gasteiger partial charge in [-0.15, -0.1) is 0 Å². The molecule has 1 aromatic carbocycles. The average molecular weight is 231 g/mol. The summed E-state index contributed by atoms with van der Waals surface area (Å²) in [4.78, 5) is 11.4. The van der Waals surface area contributed by atoms with E-state index < -0.39 is 0 Å². The van der Waals surface area contributed by atoms with E-state index in [1.165, 1.54) is 0 Å². The molecule has 6 heteroatoms. The fourth-order valence-electron chi connectivity index (χ4n) is 1.96. The molecule has 2 aromatic rings. The van der Waals surface area contributed by atoms with Crippen LogP contribution in [0, 0.1) is 6.92 Å². The van der Waals surface area contributed by atoms with E-state index in [1.54, 1.807) is 12.4 Å². The monoisotopic (exact) mass is 231 g/mol. The van der Waals surface area contributed by atoms with Crippen molar-refractivity contribution in [3.63, 3.8) is 0 Å². The van der Waals surface area contributed by atoms with Gasteiger partial charge in [0.15, 0.2) is 5.96 Å². The van der Waals surface area contributed by atoms with Crippen molar-refractivity contribution in [2.45, 2.75) is 6.92 Å². The Balaban J connectivity index is 2.06. The van der Waals surface area contributed by atoms with E-state index in [0.29, 0.717) is 5.52 Å². The second-order valence-electron chi connectivity index (χ2n) is 3.98. The van der Waals surface area contributed by atoms with E-state index in [1.807, 2.05) is 6.92 Å². The predicted molar refractivity (Wildman–Crippen MR) is 66.4 cm³/mol. The average Bonchev–Trinajstić information content (AvgIpc) is 2.96. The Kier molecular flexibility index (Phi) is 2.14. The number of phenols is 1. The molecule has 0 atom stereocenters. The van der Waals surface area contributed by atoms with Gasteiger partial charge >= 0.3 is 0 Å². The topological polar surface area (TPSA) is 85.3 Å². The summed E-state index contributed by atoms with van der Waals surface area (Å²) in [5.41, 5.74) is 3.23. The Bertz CT molecular complexity index is 601. The van der Waals surface area contributed by atoms with Gasteiger partial charge in [-0.25, -0.2) is 4.98 Å². The second-order valence-corrected chi connectivity index (χ2v) is 3.98. The molecule has 0 saturated carbocycles. The zero-order valence-corrected chi connectivity index (χ0v) is 9.41. The van der Waals surface area contributed by atoms with E-state index in [2.05, 4.69) is 25.6 Å². The van der Waals surface area contributed by atoms with Crippen LogP contribution in [-0.2, 0) is 0 Å². The van der Waals surface area contributed by atoms with Crippen LogP contribution in [0.15, 0.2) is 17.4 Å². The first-order chi connectivity index (χ1) is 8.25. The number of nitrogens with one attached hydrogen (secondary N) is 3. The van der Waals surface area contributed by atoms with Crippen molar-refractivity contribution >= 4 is 22.7 Å². The SMILES string of the molecule is Cc1c(NC2=NCCN2)cc(O)c2[nH]cnc12. The summed E-state index contributed by atoms with van der Waals surface area (Å²) in [6.07, 6.45) is 1.58. The summed E-state index contributed by atoms with van der Waals surface area (Å²) in [6.45, 7) is 3.58. The van der Waals surface area contributed by atoms with Gasteiger partial charge in [0.1, 0.15) is 11.3 Å². The van der Waals surface area contributed by atoms with E-state index in [4.69, 9.17) is 0 Å². The summed E-state index contributed by atoms with van der Waals surface area (Å²) in [5, 5.41) is 16.1. The molecule has 1 aliphatic heterocycles. The maximum atomic E-state index is 9.87. The third-order valence-electron chi connectivity index (χ3n) is 2.86. The Hall–Kier alpha value is -2.24. The van der Waals surface area contributed by atoms with Crippen LogP contribution >= 0.6 is 0 Å². The molecular formula is C11H13N5O. The van der Waals surface area contributed by atoms with Crippen molar-refractivity contribution < 1.29 is 5.11 Å². The quantitative estimate of drug-likeness (QED) is 0.588. The van der Waals surface area contributed by atoms with E-state index in [-0.39, 0.29) is 5.75 Å². The van der Waals surface area contributed by atoms with Gasteiger partial charge in [-0.3, -0.25) is 4.99 Å². The Morgan fingerprint density at radius 1 is 1.47 bits per heavy atom. The van der Waals surface area contributed by atoms with Gasteiger partial charge in [-0.1, -0.05) is 0 Å². The van der Waals surface area contributed by atoms with Crippen LogP contribution in [0.5, 0.6) is 5.75 Å². The lowest BCUT2D eigenvalue weighted by Gasteiger charge is -2.10. The zero-order valence-electron chi connectivity index (χ0n) is 9.41. The number of nitrogens with zero attached hydrogens (tertiary/aromatic N) is 2. The molecule has 88 valence electrons. The molecule has 0 aliphatic carbocycles. The molecule has 1 aromatic heterocycles. The molecule has 6 nitrogen and oxygen atoms in total. The number of guanidine groups is 1. The first-order valence-corrected chi connectivity index (χ1v) is 5.46. The normalized spacial score (nSPS) is 14.8. The number of aromatic amines is 1. The summed E-state index contributed by atoms with van der Waals surface area (Å²) in [5.74, 6) is 0.923. The molecule has 3 rings (SSSR count). The van der Waals surface area contributed by atoms with Gasteiger partial charge in [0, 0.05) is 23.9 Å². The minimum Gasteiger partial charge on any atom is -0.506 e. The van der Waals surface area contributed by atoms with Crippen molar-refractivity contribution in [2.75, 3.05) is 18.4 Å². The van der Waals surface area contributed by atoms with E-state index >= 15 is 0 Å². The van der Waals surface area contributed by atoms with Crippen LogP contribution in [0.3, 0.4) is 0 Å². The zero-order chi connectivity index (χ0) is 11.8. The van der Waals surface area contributed by atoms with Gasteiger partial charge in [-0.05, 0) is 6.92 Å². The molecule has 0 bridgehead atoms. The summed E-state index contributed by atoms with van der Waals surface area (Å²) in [6, 6.07) is 1.68. The van der Waals surface area contributed by atoms with E-state index in [9.17, 15) is 5.11 Å². The second kappa shape index (κ2) is 3.65. The first-order valence-electron chi connectivity index (χ1n) is 5.46. The minimum absolute atomic E-state index is 0.184. The number of benzene rings is 1. The molecule has 17 heavy (non-hydrogen) atoms. The van der Waals surface area contributed by atoms with Crippen molar-refractivity contribution in [1.29, 1.82) is 0 Å². The van der Waals surface area contributed by atoms with Gasteiger partial charge < -0.3 is 20.7 Å². The van der Waals surface area contributed by atoms with Gasteiger partial charge in [0.25, 0.3) is 0 Å². The van der Waals surface area contributed by atoms with Crippen LogP contribution in [0.25, 0.3) is 11.0 Å². The fourth-order valence-corrected chi connectivity index (χ4v) is 1.96. The number of aromatic nitrogens is 2. The van der Waals surface area contributed by atoms with Gasteiger partial charge in [0.05, 0.1) is 18.4 Å². The molecule has 0 saturated heterocycles. The largest absolute Gasteiger partial charge is 0.506 e. The van der Waals surface area contributed by atoms with Crippen LogP contribution in [0.4, 0.5) is 5.69 Å².